The van der Waals surface area contributed by atoms with E-state index in [-0.39, 0.29) is 29.0 Å². The summed E-state index contributed by atoms with van der Waals surface area (Å²) in [5.74, 6) is -0.656. The number of aliphatic hydroxyl groups is 2. The summed E-state index contributed by atoms with van der Waals surface area (Å²) < 4.78 is 0.789. The van der Waals surface area contributed by atoms with Gasteiger partial charge in [0.1, 0.15) is 0 Å². The maximum Gasteiger partial charge on any atom is 0.303 e. The minimum Gasteiger partial charge on any atom is -0.481 e. The SMILES string of the molecule is O=C(O)CCCC=CC[C@H]1C(Cl)C[C@@H](O)[C@@H]1/C=C/CC(O)C1(Cc2ccc(Cl)s2)CCC1. The molecule has 2 aliphatic carbocycles. The highest BCUT2D eigenvalue weighted by molar-refractivity contribution is 7.16. The molecule has 3 N–H and O–H groups in total. The predicted octanol–water partition coefficient (Wildman–Crippen LogP) is 6.23. The van der Waals surface area contributed by atoms with E-state index in [0.717, 1.165) is 42.9 Å². The molecule has 0 aliphatic heterocycles. The van der Waals surface area contributed by atoms with Crippen LogP contribution < -0.4 is 0 Å². The maximum absolute atomic E-state index is 11.0. The van der Waals surface area contributed by atoms with Crippen molar-refractivity contribution < 1.29 is 20.1 Å². The molecule has 2 unspecified atom stereocenters. The third-order valence-corrected chi connectivity index (χ3v) is 8.87. The van der Waals surface area contributed by atoms with Gasteiger partial charge in [0.05, 0.1) is 16.5 Å². The van der Waals surface area contributed by atoms with Crippen LogP contribution in [0.4, 0.5) is 0 Å². The van der Waals surface area contributed by atoms with Crippen molar-refractivity contribution in [1.82, 2.24) is 0 Å². The average molecular weight is 502 g/mol. The molecule has 0 bridgehead atoms. The van der Waals surface area contributed by atoms with Crippen molar-refractivity contribution in [2.75, 3.05) is 0 Å². The Bertz CT molecular complexity index is 802. The van der Waals surface area contributed by atoms with Gasteiger partial charge in [0.15, 0.2) is 0 Å². The van der Waals surface area contributed by atoms with Crippen molar-refractivity contribution in [3.05, 3.63) is 45.7 Å². The summed E-state index contributed by atoms with van der Waals surface area (Å²) >= 11 is 14.2. The second-order valence-electron chi connectivity index (χ2n) is 9.33. The fraction of sp³-hybridized carbons (Fsp3) is 0.640. The van der Waals surface area contributed by atoms with Crippen LogP contribution in [0.5, 0.6) is 0 Å². The van der Waals surface area contributed by atoms with E-state index in [0.29, 0.717) is 19.3 Å². The van der Waals surface area contributed by atoms with Gasteiger partial charge in [-0.05, 0) is 69.4 Å². The summed E-state index contributed by atoms with van der Waals surface area (Å²) in [6.07, 6.45) is 14.8. The summed E-state index contributed by atoms with van der Waals surface area (Å²) in [5, 5.41) is 30.1. The largest absolute Gasteiger partial charge is 0.481 e. The van der Waals surface area contributed by atoms with Gasteiger partial charge in [-0.15, -0.1) is 22.9 Å². The number of rotatable bonds is 12. The Balaban J connectivity index is 1.52. The van der Waals surface area contributed by atoms with Gasteiger partial charge in [0.2, 0.25) is 0 Å². The van der Waals surface area contributed by atoms with E-state index in [2.05, 4.69) is 12.1 Å². The van der Waals surface area contributed by atoms with Gasteiger partial charge in [-0.1, -0.05) is 42.3 Å². The van der Waals surface area contributed by atoms with Crippen molar-refractivity contribution in [1.29, 1.82) is 0 Å². The van der Waals surface area contributed by atoms with Gasteiger partial charge in [-0.3, -0.25) is 4.79 Å². The molecule has 5 atom stereocenters. The molecule has 2 saturated carbocycles. The van der Waals surface area contributed by atoms with Gasteiger partial charge < -0.3 is 15.3 Å². The molecule has 3 rings (SSSR count). The highest BCUT2D eigenvalue weighted by atomic mass is 35.5. The zero-order chi connectivity index (χ0) is 23.1. The van der Waals surface area contributed by atoms with Crippen LogP contribution in [0, 0.1) is 17.3 Å². The summed E-state index contributed by atoms with van der Waals surface area (Å²) in [6.45, 7) is 0. The molecule has 4 nitrogen and oxygen atoms in total. The summed E-state index contributed by atoms with van der Waals surface area (Å²) in [5.41, 5.74) is -0.0695. The molecular formula is C25H34Cl2O4S. The fourth-order valence-electron chi connectivity index (χ4n) is 5.07. The number of hydrogen-bond donors (Lipinski definition) is 3. The lowest BCUT2D eigenvalue weighted by Crippen LogP contribution is -2.42. The molecule has 1 heterocycles. The molecule has 178 valence electrons. The highest BCUT2D eigenvalue weighted by Crippen LogP contribution is 2.49. The minimum atomic E-state index is -0.770. The summed E-state index contributed by atoms with van der Waals surface area (Å²) in [6, 6.07) is 3.98. The Morgan fingerprint density at radius 2 is 2.06 bits per heavy atom. The fourth-order valence-corrected chi connectivity index (χ4v) is 6.77. The number of carbonyl (C=O) groups is 1. The zero-order valence-electron chi connectivity index (χ0n) is 18.3. The van der Waals surface area contributed by atoms with Crippen molar-refractivity contribution in [3.63, 3.8) is 0 Å². The molecule has 0 aromatic carbocycles. The van der Waals surface area contributed by atoms with Crippen molar-refractivity contribution in [3.8, 4) is 0 Å². The summed E-state index contributed by atoms with van der Waals surface area (Å²) in [7, 11) is 0. The lowest BCUT2D eigenvalue weighted by atomic mass is 9.62. The van der Waals surface area contributed by atoms with Crippen LogP contribution in [-0.2, 0) is 11.2 Å². The molecule has 1 aromatic heterocycles. The number of unbranched alkanes of at least 4 members (excludes halogenated alkanes) is 1. The number of halogens is 2. The lowest BCUT2D eigenvalue weighted by molar-refractivity contribution is -0.137. The lowest BCUT2D eigenvalue weighted by Gasteiger charge is -2.45. The van der Waals surface area contributed by atoms with E-state index < -0.39 is 18.2 Å². The average Bonchev–Trinajstić information content (AvgIpc) is 3.23. The molecule has 0 amide bonds. The predicted molar refractivity (Wildman–Crippen MR) is 132 cm³/mol. The van der Waals surface area contributed by atoms with Crippen molar-refractivity contribution >= 4 is 40.5 Å². The normalized spacial score (nSPS) is 28.4. The molecule has 0 radical (unpaired) electrons. The Hall–Kier alpha value is -0.850. The monoisotopic (exact) mass is 500 g/mol. The van der Waals surface area contributed by atoms with E-state index in [9.17, 15) is 15.0 Å². The van der Waals surface area contributed by atoms with E-state index in [1.165, 1.54) is 4.88 Å². The number of aliphatic carboxylic acids is 1. The van der Waals surface area contributed by atoms with Gasteiger partial charge in [0, 0.05) is 28.0 Å². The Morgan fingerprint density at radius 1 is 1.28 bits per heavy atom. The van der Waals surface area contributed by atoms with Crippen LogP contribution in [0.2, 0.25) is 4.34 Å². The van der Waals surface area contributed by atoms with Crippen LogP contribution in [0.3, 0.4) is 0 Å². The second-order valence-corrected chi connectivity index (χ2v) is 11.7. The first-order valence-corrected chi connectivity index (χ1v) is 13.2. The van der Waals surface area contributed by atoms with E-state index in [4.69, 9.17) is 28.3 Å². The molecule has 0 saturated heterocycles. The van der Waals surface area contributed by atoms with Gasteiger partial charge in [-0.25, -0.2) is 0 Å². The van der Waals surface area contributed by atoms with Crippen LogP contribution in [0.25, 0.3) is 0 Å². The molecule has 32 heavy (non-hydrogen) atoms. The highest BCUT2D eigenvalue weighted by Gasteiger charge is 2.43. The molecule has 2 fully saturated rings. The first kappa shape index (κ1) is 25.8. The number of carboxylic acids is 1. The van der Waals surface area contributed by atoms with Crippen LogP contribution >= 0.6 is 34.5 Å². The van der Waals surface area contributed by atoms with E-state index in [1.807, 2.05) is 24.3 Å². The number of thiophene rings is 1. The number of hydrogen-bond acceptors (Lipinski definition) is 4. The third kappa shape index (κ3) is 6.83. The molecule has 2 aliphatic rings. The third-order valence-electron chi connectivity index (χ3n) is 7.14. The maximum atomic E-state index is 11.0. The second kappa shape index (κ2) is 12.0. The van der Waals surface area contributed by atoms with Crippen molar-refractivity contribution in [2.24, 2.45) is 17.3 Å². The molecular weight excluding hydrogens is 467 g/mol. The van der Waals surface area contributed by atoms with Gasteiger partial charge in [0.25, 0.3) is 0 Å². The number of aliphatic hydroxyl groups excluding tert-OH is 2. The number of allylic oxidation sites excluding steroid dienone is 2. The van der Waals surface area contributed by atoms with Gasteiger partial charge in [-0.2, -0.15) is 0 Å². The molecule has 0 spiro atoms. The molecule has 1 aromatic rings. The number of carboxylic acid groups (broad SMARTS) is 1. The minimum absolute atomic E-state index is 0.0261. The smallest absolute Gasteiger partial charge is 0.303 e. The van der Waals surface area contributed by atoms with E-state index in [1.54, 1.807) is 11.3 Å². The Morgan fingerprint density at radius 3 is 2.69 bits per heavy atom. The standard InChI is InChI=1S/C25H34Cl2O4S/c26-20-15-21(28)19(18(20)7-3-1-2-4-10-24(30)31)8-5-9-22(29)25(13-6-14-25)16-17-11-12-23(27)32-17/h1,3,5,8,11-12,18-22,28-29H,2,4,6-7,9-10,13-16H2,(H,30,31)/b3-1?,8-5+/t18-,19-,20?,21-,22?/m1/s1. The van der Waals surface area contributed by atoms with Crippen LogP contribution in [0.1, 0.15) is 62.7 Å². The quantitative estimate of drug-likeness (QED) is 0.180. The van der Waals surface area contributed by atoms with Crippen molar-refractivity contribution in [2.45, 2.75) is 81.8 Å². The Labute approximate surface area is 204 Å². The topological polar surface area (TPSA) is 77.8 Å². The number of alkyl halides is 1. The van der Waals surface area contributed by atoms with Gasteiger partial charge >= 0.3 is 5.97 Å². The first-order chi connectivity index (χ1) is 15.3. The Kier molecular flexibility index (Phi) is 9.69. The summed E-state index contributed by atoms with van der Waals surface area (Å²) in [4.78, 5) is 11.8. The zero-order valence-corrected chi connectivity index (χ0v) is 20.7. The first-order valence-electron chi connectivity index (χ1n) is 11.6. The molecule has 7 heteroatoms. The van der Waals surface area contributed by atoms with E-state index >= 15 is 0 Å². The van der Waals surface area contributed by atoms with Crippen LogP contribution in [-0.4, -0.2) is 38.9 Å². The van der Waals surface area contributed by atoms with Crippen LogP contribution in [0.15, 0.2) is 36.4 Å².